The number of rotatable bonds is 4. The number of hydrogen-bond acceptors (Lipinski definition) is 5. The molecule has 0 fully saturated rings. The quantitative estimate of drug-likeness (QED) is 0.854. The largest absolute Gasteiger partial charge is 0.586 e. The standard InChI is InChI=1S/C19H17F2NO5/c20-19(21)26-16-8-7-11(9-17(16)27-19)22-18(24)10-25-15-6-2-3-12-13(15)4-1-5-14(12)23/h2-3,6-9,14,23H,1,4-5,10H2,(H,22,24)/t14-/m1/s1. The van der Waals surface area contributed by atoms with Crippen molar-refractivity contribution in [2.24, 2.45) is 0 Å². The number of hydrogen-bond donors (Lipinski definition) is 2. The highest BCUT2D eigenvalue weighted by atomic mass is 19.3. The number of fused-ring (bicyclic) bond motifs is 2. The lowest BCUT2D eigenvalue weighted by Gasteiger charge is -2.23. The predicted molar refractivity (Wildman–Crippen MR) is 91.1 cm³/mol. The summed E-state index contributed by atoms with van der Waals surface area (Å²) in [6, 6.07) is 9.37. The Balaban J connectivity index is 1.40. The molecule has 2 N–H and O–H groups in total. The second-order valence-electron chi connectivity index (χ2n) is 6.40. The van der Waals surface area contributed by atoms with Gasteiger partial charge in [0.05, 0.1) is 6.10 Å². The van der Waals surface area contributed by atoms with Gasteiger partial charge in [-0.3, -0.25) is 4.79 Å². The van der Waals surface area contributed by atoms with E-state index in [2.05, 4.69) is 14.8 Å². The summed E-state index contributed by atoms with van der Waals surface area (Å²) >= 11 is 0. The first-order chi connectivity index (χ1) is 12.9. The number of aliphatic hydroxyl groups excluding tert-OH is 1. The Bertz CT molecular complexity index is 886. The summed E-state index contributed by atoms with van der Waals surface area (Å²) in [7, 11) is 0. The van der Waals surface area contributed by atoms with Gasteiger partial charge in [0.25, 0.3) is 5.91 Å². The van der Waals surface area contributed by atoms with Crippen molar-refractivity contribution in [2.75, 3.05) is 11.9 Å². The number of nitrogens with one attached hydrogen (secondary N) is 1. The molecule has 0 bridgehead atoms. The van der Waals surface area contributed by atoms with Crippen LogP contribution in [0.3, 0.4) is 0 Å². The fraction of sp³-hybridized carbons (Fsp3) is 0.316. The molecule has 1 atom stereocenters. The Morgan fingerprint density at radius 1 is 1.26 bits per heavy atom. The lowest BCUT2D eigenvalue weighted by atomic mass is 9.89. The summed E-state index contributed by atoms with van der Waals surface area (Å²) in [6.07, 6.45) is -1.88. The van der Waals surface area contributed by atoms with E-state index in [0.29, 0.717) is 12.2 Å². The summed E-state index contributed by atoms with van der Waals surface area (Å²) < 4.78 is 40.3. The monoisotopic (exact) mass is 377 g/mol. The van der Waals surface area contributed by atoms with Crippen LogP contribution >= 0.6 is 0 Å². The van der Waals surface area contributed by atoms with Gasteiger partial charge in [-0.1, -0.05) is 12.1 Å². The lowest BCUT2D eigenvalue weighted by Crippen LogP contribution is -2.25. The van der Waals surface area contributed by atoms with E-state index < -0.39 is 18.3 Å². The van der Waals surface area contributed by atoms with Crippen molar-refractivity contribution in [3.63, 3.8) is 0 Å². The summed E-state index contributed by atoms with van der Waals surface area (Å²) in [5.74, 6) is -0.130. The zero-order chi connectivity index (χ0) is 19.0. The molecule has 2 aliphatic rings. The minimum Gasteiger partial charge on any atom is -0.483 e. The van der Waals surface area contributed by atoms with E-state index in [1.165, 1.54) is 18.2 Å². The highest BCUT2D eigenvalue weighted by molar-refractivity contribution is 5.92. The van der Waals surface area contributed by atoms with Gasteiger partial charge in [0.15, 0.2) is 18.1 Å². The number of anilines is 1. The van der Waals surface area contributed by atoms with E-state index in [1.807, 2.05) is 6.07 Å². The van der Waals surface area contributed by atoms with E-state index in [0.717, 1.165) is 24.0 Å². The summed E-state index contributed by atoms with van der Waals surface area (Å²) in [5.41, 5.74) is 2.03. The molecule has 0 radical (unpaired) electrons. The number of ether oxygens (including phenoxy) is 3. The van der Waals surface area contributed by atoms with E-state index in [9.17, 15) is 18.7 Å². The van der Waals surface area contributed by atoms with Gasteiger partial charge in [-0.2, -0.15) is 0 Å². The van der Waals surface area contributed by atoms with Gasteiger partial charge in [0.2, 0.25) is 0 Å². The van der Waals surface area contributed by atoms with Crippen LogP contribution in [0.15, 0.2) is 36.4 Å². The van der Waals surface area contributed by atoms with Gasteiger partial charge < -0.3 is 24.6 Å². The predicted octanol–water partition coefficient (Wildman–Crippen LogP) is 3.40. The summed E-state index contributed by atoms with van der Waals surface area (Å²) in [4.78, 5) is 12.1. The van der Waals surface area contributed by atoms with Crippen molar-refractivity contribution in [3.8, 4) is 17.2 Å². The van der Waals surface area contributed by atoms with Crippen LogP contribution < -0.4 is 19.5 Å². The number of benzene rings is 2. The van der Waals surface area contributed by atoms with Crippen molar-refractivity contribution >= 4 is 11.6 Å². The second-order valence-corrected chi connectivity index (χ2v) is 6.40. The molecular weight excluding hydrogens is 360 g/mol. The van der Waals surface area contributed by atoms with Crippen molar-refractivity contribution in [1.82, 2.24) is 0 Å². The third-order valence-corrected chi connectivity index (χ3v) is 4.48. The molecule has 4 rings (SSSR count). The zero-order valence-corrected chi connectivity index (χ0v) is 14.2. The molecule has 1 amide bonds. The maximum Gasteiger partial charge on any atom is 0.586 e. The van der Waals surface area contributed by atoms with Gasteiger partial charge in [0, 0.05) is 11.8 Å². The van der Waals surface area contributed by atoms with Crippen LogP contribution in [-0.4, -0.2) is 23.9 Å². The second kappa shape index (κ2) is 6.70. The van der Waals surface area contributed by atoms with Crippen LogP contribution in [0.5, 0.6) is 17.2 Å². The highest BCUT2D eigenvalue weighted by Crippen LogP contribution is 2.42. The van der Waals surface area contributed by atoms with Crippen molar-refractivity contribution in [1.29, 1.82) is 0 Å². The maximum absolute atomic E-state index is 13.0. The van der Waals surface area contributed by atoms with Crippen LogP contribution in [0.2, 0.25) is 0 Å². The molecule has 27 heavy (non-hydrogen) atoms. The minimum absolute atomic E-state index is 0.0938. The molecule has 2 aromatic rings. The Morgan fingerprint density at radius 2 is 2.07 bits per heavy atom. The molecule has 6 nitrogen and oxygen atoms in total. The molecule has 0 saturated carbocycles. The molecule has 0 spiro atoms. The highest BCUT2D eigenvalue weighted by Gasteiger charge is 2.43. The Labute approximate surface area is 153 Å². The molecule has 0 saturated heterocycles. The molecule has 1 aliphatic carbocycles. The average Bonchev–Trinajstić information content (AvgIpc) is 2.93. The first-order valence-corrected chi connectivity index (χ1v) is 8.54. The van der Waals surface area contributed by atoms with Crippen LogP contribution in [0.25, 0.3) is 0 Å². The molecule has 0 unspecified atom stereocenters. The third kappa shape index (κ3) is 3.66. The molecule has 8 heteroatoms. The number of carbonyl (C=O) groups excluding carboxylic acids is 1. The minimum atomic E-state index is -3.70. The van der Waals surface area contributed by atoms with Gasteiger partial charge in [-0.05, 0) is 48.6 Å². The molecule has 2 aromatic carbocycles. The number of carbonyl (C=O) groups is 1. The molecule has 1 aliphatic heterocycles. The van der Waals surface area contributed by atoms with Crippen molar-refractivity contribution < 1.29 is 32.9 Å². The molecular formula is C19H17F2NO5. The smallest absolute Gasteiger partial charge is 0.483 e. The number of aliphatic hydroxyl groups is 1. The van der Waals surface area contributed by atoms with Crippen LogP contribution in [-0.2, 0) is 11.2 Å². The van der Waals surface area contributed by atoms with Gasteiger partial charge >= 0.3 is 6.29 Å². The van der Waals surface area contributed by atoms with Gasteiger partial charge in [-0.15, -0.1) is 8.78 Å². The maximum atomic E-state index is 13.0. The summed E-state index contributed by atoms with van der Waals surface area (Å²) in [5, 5.41) is 12.6. The van der Waals surface area contributed by atoms with Crippen LogP contribution in [0.4, 0.5) is 14.5 Å². The van der Waals surface area contributed by atoms with E-state index in [-0.39, 0.29) is 23.8 Å². The Kier molecular flexibility index (Phi) is 4.35. The lowest BCUT2D eigenvalue weighted by molar-refractivity contribution is -0.286. The fourth-order valence-electron chi connectivity index (χ4n) is 3.29. The first kappa shape index (κ1) is 17.5. The van der Waals surface area contributed by atoms with E-state index >= 15 is 0 Å². The number of halogens is 2. The number of amides is 1. The Morgan fingerprint density at radius 3 is 2.93 bits per heavy atom. The first-order valence-electron chi connectivity index (χ1n) is 8.54. The van der Waals surface area contributed by atoms with Crippen molar-refractivity contribution in [2.45, 2.75) is 31.7 Å². The molecule has 0 aromatic heterocycles. The van der Waals surface area contributed by atoms with Crippen LogP contribution in [0.1, 0.15) is 30.1 Å². The van der Waals surface area contributed by atoms with Gasteiger partial charge in [-0.25, -0.2) is 0 Å². The van der Waals surface area contributed by atoms with Gasteiger partial charge in [0.1, 0.15) is 5.75 Å². The SMILES string of the molecule is O=C(COc1cccc2c1CCC[C@H]2O)Nc1ccc2c(c1)OC(F)(F)O2. The fourth-order valence-corrected chi connectivity index (χ4v) is 3.29. The topological polar surface area (TPSA) is 77.0 Å². The Hall–Kier alpha value is -2.87. The van der Waals surface area contributed by atoms with Crippen LogP contribution in [0, 0.1) is 0 Å². The van der Waals surface area contributed by atoms with E-state index in [1.54, 1.807) is 12.1 Å². The molecule has 1 heterocycles. The third-order valence-electron chi connectivity index (χ3n) is 4.48. The zero-order valence-electron chi connectivity index (χ0n) is 14.2. The molecule has 142 valence electrons. The van der Waals surface area contributed by atoms with Crippen molar-refractivity contribution in [3.05, 3.63) is 47.5 Å². The number of alkyl halides is 2. The summed E-state index contributed by atoms with van der Waals surface area (Å²) in [6.45, 7) is -0.253. The normalized spacial score (nSPS) is 19.3. The van der Waals surface area contributed by atoms with E-state index in [4.69, 9.17) is 4.74 Å². The average molecular weight is 377 g/mol.